The maximum Gasteiger partial charge on any atom is 0.264 e. The molecule has 180 valence electrons. The quantitative estimate of drug-likeness (QED) is 0.461. The summed E-state index contributed by atoms with van der Waals surface area (Å²) in [6.07, 6.45) is 0.669. The van der Waals surface area contributed by atoms with E-state index >= 15 is 0 Å². The van der Waals surface area contributed by atoms with Crippen LogP contribution in [0.2, 0.25) is 0 Å². The van der Waals surface area contributed by atoms with Gasteiger partial charge in [0, 0.05) is 6.07 Å². The molecule has 0 aliphatic heterocycles. The molecule has 0 aliphatic rings. The van der Waals surface area contributed by atoms with Gasteiger partial charge in [-0.15, -0.1) is 0 Å². The van der Waals surface area contributed by atoms with Gasteiger partial charge in [-0.25, -0.2) is 8.42 Å². The average Bonchev–Trinajstić information content (AvgIpc) is 2.86. The van der Waals surface area contributed by atoms with Gasteiger partial charge in [-0.3, -0.25) is 9.10 Å². The van der Waals surface area contributed by atoms with Crippen LogP contribution in [0.1, 0.15) is 30.5 Å². The van der Waals surface area contributed by atoms with E-state index in [1.807, 2.05) is 38.1 Å². The maximum atomic E-state index is 13.6. The molecule has 1 N–H and O–H groups in total. The lowest BCUT2D eigenvalue weighted by Crippen LogP contribution is -2.42. The number of rotatable bonds is 10. The third-order valence-corrected chi connectivity index (χ3v) is 7.27. The Bertz CT molecular complexity index is 1210. The Balaban J connectivity index is 1.92. The van der Waals surface area contributed by atoms with E-state index in [9.17, 15) is 13.2 Å². The highest BCUT2D eigenvalue weighted by atomic mass is 32.2. The second kappa shape index (κ2) is 11.1. The van der Waals surface area contributed by atoms with Crippen molar-refractivity contribution in [2.24, 2.45) is 0 Å². The van der Waals surface area contributed by atoms with Crippen LogP contribution >= 0.6 is 0 Å². The Hall–Kier alpha value is -3.52. The first kappa shape index (κ1) is 25.1. The first-order chi connectivity index (χ1) is 16.3. The van der Waals surface area contributed by atoms with Crippen LogP contribution in [0, 0.1) is 6.92 Å². The fourth-order valence-corrected chi connectivity index (χ4v) is 5.04. The molecule has 0 heterocycles. The minimum atomic E-state index is -4.08. The number of hydrogen-bond acceptors (Lipinski definition) is 5. The van der Waals surface area contributed by atoms with E-state index in [0.29, 0.717) is 17.9 Å². The van der Waals surface area contributed by atoms with Crippen LogP contribution in [0.15, 0.2) is 77.7 Å². The molecular weight excluding hydrogens is 452 g/mol. The molecule has 0 aliphatic carbocycles. The van der Waals surface area contributed by atoms with Crippen molar-refractivity contribution in [3.8, 4) is 11.5 Å². The molecule has 7 nitrogen and oxygen atoms in total. The third-order valence-electron chi connectivity index (χ3n) is 5.50. The van der Waals surface area contributed by atoms with Gasteiger partial charge in [0.2, 0.25) is 5.91 Å². The van der Waals surface area contributed by atoms with Gasteiger partial charge in [-0.2, -0.15) is 0 Å². The van der Waals surface area contributed by atoms with E-state index in [-0.39, 0.29) is 23.2 Å². The lowest BCUT2D eigenvalue weighted by molar-refractivity contribution is -0.120. The maximum absolute atomic E-state index is 13.6. The van der Waals surface area contributed by atoms with Gasteiger partial charge >= 0.3 is 0 Å². The molecule has 34 heavy (non-hydrogen) atoms. The summed E-state index contributed by atoms with van der Waals surface area (Å²) in [5, 5.41) is 2.98. The molecule has 0 saturated carbocycles. The van der Waals surface area contributed by atoms with Crippen molar-refractivity contribution >= 4 is 21.6 Å². The summed E-state index contributed by atoms with van der Waals surface area (Å²) in [4.78, 5) is 13.1. The first-order valence-corrected chi connectivity index (χ1v) is 12.4. The van der Waals surface area contributed by atoms with Crippen LogP contribution in [-0.2, 0) is 14.8 Å². The summed E-state index contributed by atoms with van der Waals surface area (Å²) in [7, 11) is -1.17. The minimum absolute atomic E-state index is 0.00706. The molecule has 0 spiro atoms. The van der Waals surface area contributed by atoms with Crippen LogP contribution in [-0.4, -0.2) is 35.1 Å². The average molecular weight is 483 g/mol. The number of carbonyl (C=O) groups is 1. The molecule has 3 aromatic carbocycles. The first-order valence-electron chi connectivity index (χ1n) is 11.0. The number of nitrogens with zero attached hydrogens (tertiary/aromatic N) is 1. The Morgan fingerprint density at radius 1 is 0.941 bits per heavy atom. The van der Waals surface area contributed by atoms with E-state index < -0.39 is 15.9 Å². The number of carbonyl (C=O) groups excluding carboxylic acids is 1. The van der Waals surface area contributed by atoms with Crippen molar-refractivity contribution in [1.29, 1.82) is 0 Å². The third kappa shape index (κ3) is 5.69. The number of sulfonamides is 1. The van der Waals surface area contributed by atoms with E-state index in [0.717, 1.165) is 15.4 Å². The van der Waals surface area contributed by atoms with Gasteiger partial charge in [0.05, 0.1) is 30.8 Å². The van der Waals surface area contributed by atoms with Gasteiger partial charge in [0.1, 0.15) is 6.54 Å². The van der Waals surface area contributed by atoms with Gasteiger partial charge in [0.25, 0.3) is 10.0 Å². The van der Waals surface area contributed by atoms with Crippen molar-refractivity contribution in [1.82, 2.24) is 5.32 Å². The SMILES string of the molecule is CCC(NC(=O)CN(c1ccccc1)S(=O)(=O)c1ccc(OC)c(OC)c1)c1ccc(C)cc1. The zero-order valence-corrected chi connectivity index (χ0v) is 20.6. The molecule has 1 amide bonds. The van der Waals surface area contributed by atoms with Gasteiger partial charge < -0.3 is 14.8 Å². The van der Waals surface area contributed by atoms with Gasteiger partial charge in [-0.05, 0) is 43.2 Å². The second-order valence-corrected chi connectivity index (χ2v) is 9.67. The number of methoxy groups -OCH3 is 2. The van der Waals surface area contributed by atoms with E-state index in [4.69, 9.17) is 9.47 Å². The predicted molar refractivity (Wildman–Crippen MR) is 133 cm³/mol. The number of amides is 1. The van der Waals surface area contributed by atoms with Gasteiger partial charge in [-0.1, -0.05) is 55.0 Å². The summed E-state index contributed by atoms with van der Waals surface area (Å²) >= 11 is 0. The minimum Gasteiger partial charge on any atom is -0.493 e. The van der Waals surface area contributed by atoms with Crippen molar-refractivity contribution in [2.45, 2.75) is 31.2 Å². The lowest BCUT2D eigenvalue weighted by Gasteiger charge is -2.26. The van der Waals surface area contributed by atoms with Crippen molar-refractivity contribution < 1.29 is 22.7 Å². The Morgan fingerprint density at radius 2 is 1.59 bits per heavy atom. The highest BCUT2D eigenvalue weighted by Crippen LogP contribution is 2.32. The second-order valence-electron chi connectivity index (χ2n) is 7.80. The number of aryl methyl sites for hydroxylation is 1. The highest BCUT2D eigenvalue weighted by molar-refractivity contribution is 7.92. The zero-order valence-electron chi connectivity index (χ0n) is 19.8. The van der Waals surface area contributed by atoms with Crippen LogP contribution in [0.5, 0.6) is 11.5 Å². The Labute approximate surface area is 201 Å². The van der Waals surface area contributed by atoms with Gasteiger partial charge in [0.15, 0.2) is 11.5 Å². The fraction of sp³-hybridized carbons (Fsp3) is 0.269. The molecule has 0 aromatic heterocycles. The normalized spacial score (nSPS) is 12.0. The Morgan fingerprint density at radius 3 is 2.18 bits per heavy atom. The summed E-state index contributed by atoms with van der Waals surface area (Å²) in [6, 6.07) is 20.6. The highest BCUT2D eigenvalue weighted by Gasteiger charge is 2.29. The number of para-hydroxylation sites is 1. The lowest BCUT2D eigenvalue weighted by atomic mass is 10.0. The molecule has 1 atom stereocenters. The molecule has 3 aromatic rings. The van der Waals surface area contributed by atoms with Crippen LogP contribution in [0.3, 0.4) is 0 Å². The van der Waals surface area contributed by atoms with Crippen LogP contribution in [0.25, 0.3) is 0 Å². The number of ether oxygens (including phenoxy) is 2. The summed E-state index contributed by atoms with van der Waals surface area (Å²) < 4.78 is 38.9. The summed E-state index contributed by atoms with van der Waals surface area (Å²) in [5.74, 6) is 0.293. The van der Waals surface area contributed by atoms with E-state index in [1.165, 1.54) is 32.4 Å². The topological polar surface area (TPSA) is 84.9 Å². The van der Waals surface area contributed by atoms with Crippen molar-refractivity contribution in [2.75, 3.05) is 25.1 Å². The predicted octanol–water partition coefficient (Wildman–Crippen LogP) is 4.48. The standard InChI is InChI=1S/C26H30N2O5S/c1-5-23(20-13-11-19(2)12-14-20)27-26(29)18-28(21-9-7-6-8-10-21)34(30,31)22-15-16-24(32-3)25(17-22)33-4/h6-17,23H,5,18H2,1-4H3,(H,27,29). The monoisotopic (exact) mass is 482 g/mol. The fourth-order valence-electron chi connectivity index (χ4n) is 3.60. The summed E-state index contributed by atoms with van der Waals surface area (Å²) in [6.45, 7) is 3.60. The molecule has 0 fully saturated rings. The zero-order chi connectivity index (χ0) is 24.7. The molecular formula is C26H30N2O5S. The number of hydrogen-bond donors (Lipinski definition) is 1. The molecule has 1 unspecified atom stereocenters. The number of anilines is 1. The molecule has 0 bridgehead atoms. The van der Waals surface area contributed by atoms with Crippen molar-refractivity contribution in [3.05, 3.63) is 83.9 Å². The van der Waals surface area contributed by atoms with E-state index in [1.54, 1.807) is 30.3 Å². The molecule has 3 rings (SSSR count). The Kier molecular flexibility index (Phi) is 8.17. The largest absolute Gasteiger partial charge is 0.493 e. The van der Waals surface area contributed by atoms with E-state index in [2.05, 4.69) is 5.32 Å². The van der Waals surface area contributed by atoms with Crippen LogP contribution in [0.4, 0.5) is 5.69 Å². The number of benzene rings is 3. The smallest absolute Gasteiger partial charge is 0.264 e. The molecule has 8 heteroatoms. The molecule has 0 radical (unpaired) electrons. The molecule has 0 saturated heterocycles. The summed E-state index contributed by atoms with van der Waals surface area (Å²) in [5.41, 5.74) is 2.48. The van der Waals surface area contributed by atoms with Crippen molar-refractivity contribution in [3.63, 3.8) is 0 Å². The number of nitrogens with one attached hydrogen (secondary N) is 1. The van der Waals surface area contributed by atoms with Crippen LogP contribution < -0.4 is 19.1 Å².